The molecule has 1 saturated carbocycles. The minimum Gasteiger partial charge on any atom is -0.461 e. The maximum Gasteiger partial charge on any atom is 0.309 e. The highest BCUT2D eigenvalue weighted by molar-refractivity contribution is 5.92. The lowest BCUT2D eigenvalue weighted by Gasteiger charge is -2.06. The number of carbonyl (C=O) groups is 2. The summed E-state index contributed by atoms with van der Waals surface area (Å²) in [5, 5.41) is 0. The molecular formula is C18H15F2NO3. The van der Waals surface area contributed by atoms with E-state index in [2.05, 4.69) is 0 Å². The van der Waals surface area contributed by atoms with E-state index >= 15 is 0 Å². The molecule has 1 aliphatic carbocycles. The largest absolute Gasteiger partial charge is 0.461 e. The number of hydrogen-bond acceptors (Lipinski definition) is 3. The third-order valence-electron chi connectivity index (χ3n) is 4.07. The van der Waals surface area contributed by atoms with E-state index in [-0.39, 0.29) is 18.1 Å². The first-order valence-electron chi connectivity index (χ1n) is 7.46. The molecule has 0 saturated heterocycles. The van der Waals surface area contributed by atoms with Crippen LogP contribution in [-0.2, 0) is 16.1 Å². The van der Waals surface area contributed by atoms with Crippen LogP contribution >= 0.6 is 0 Å². The Hall–Kier alpha value is -2.76. The Balaban J connectivity index is 1.60. The number of primary amides is 1. The molecule has 0 bridgehead atoms. The van der Waals surface area contributed by atoms with Crippen LogP contribution in [0.2, 0.25) is 0 Å². The van der Waals surface area contributed by atoms with Gasteiger partial charge in [-0.05, 0) is 35.7 Å². The lowest BCUT2D eigenvalue weighted by atomic mass is 10.1. The van der Waals surface area contributed by atoms with E-state index in [0.717, 1.165) is 6.07 Å². The summed E-state index contributed by atoms with van der Waals surface area (Å²) in [5.41, 5.74) is 6.36. The number of hydrogen-bond donors (Lipinski definition) is 1. The molecule has 24 heavy (non-hydrogen) atoms. The summed E-state index contributed by atoms with van der Waals surface area (Å²) < 4.78 is 32.2. The molecule has 0 radical (unpaired) electrons. The van der Waals surface area contributed by atoms with Gasteiger partial charge in [0.2, 0.25) is 5.91 Å². The van der Waals surface area contributed by atoms with Gasteiger partial charge in [0, 0.05) is 11.5 Å². The number of esters is 1. The van der Waals surface area contributed by atoms with E-state index in [1.165, 1.54) is 12.1 Å². The van der Waals surface area contributed by atoms with E-state index in [0.29, 0.717) is 17.5 Å². The summed E-state index contributed by atoms with van der Waals surface area (Å²) in [7, 11) is 0. The van der Waals surface area contributed by atoms with Crippen molar-refractivity contribution in [1.29, 1.82) is 0 Å². The number of ether oxygens (including phenoxy) is 1. The van der Waals surface area contributed by atoms with Crippen LogP contribution in [-0.4, -0.2) is 11.9 Å². The molecule has 1 amide bonds. The van der Waals surface area contributed by atoms with Crippen LogP contribution in [0.4, 0.5) is 8.78 Å². The highest BCUT2D eigenvalue weighted by atomic mass is 19.2. The van der Waals surface area contributed by atoms with Crippen LogP contribution < -0.4 is 5.73 Å². The molecule has 124 valence electrons. The van der Waals surface area contributed by atoms with Gasteiger partial charge < -0.3 is 10.5 Å². The molecule has 0 aromatic heterocycles. The van der Waals surface area contributed by atoms with E-state index in [1.54, 1.807) is 24.3 Å². The molecule has 0 unspecified atom stereocenters. The second-order valence-electron chi connectivity index (χ2n) is 5.76. The SMILES string of the molecule is NC(=O)c1cccc(COC(=O)[C@H]2C[C@H]2c2cccc(F)c2F)c1. The second-order valence-corrected chi connectivity index (χ2v) is 5.76. The van der Waals surface area contributed by atoms with Gasteiger partial charge in [0.25, 0.3) is 0 Å². The van der Waals surface area contributed by atoms with Crippen LogP contribution in [0.3, 0.4) is 0 Å². The number of nitrogens with two attached hydrogens (primary N) is 1. The molecule has 3 rings (SSSR count). The quantitative estimate of drug-likeness (QED) is 0.857. The Kier molecular flexibility index (Phi) is 4.29. The minimum atomic E-state index is -0.921. The summed E-state index contributed by atoms with van der Waals surface area (Å²) in [6.45, 7) is -0.00515. The molecule has 2 aromatic carbocycles. The molecule has 0 aliphatic heterocycles. The molecule has 2 aromatic rings. The molecule has 1 fully saturated rings. The molecule has 4 nitrogen and oxygen atoms in total. The van der Waals surface area contributed by atoms with Crippen molar-refractivity contribution in [3.8, 4) is 0 Å². The molecule has 0 heterocycles. The summed E-state index contributed by atoms with van der Waals surface area (Å²) in [5.74, 6) is -3.69. The first-order chi connectivity index (χ1) is 11.5. The number of benzene rings is 2. The van der Waals surface area contributed by atoms with Crippen LogP contribution in [0.15, 0.2) is 42.5 Å². The molecule has 1 aliphatic rings. The fraction of sp³-hybridized carbons (Fsp3) is 0.222. The topological polar surface area (TPSA) is 69.4 Å². The molecular weight excluding hydrogens is 316 g/mol. The molecule has 2 atom stereocenters. The smallest absolute Gasteiger partial charge is 0.309 e. The Morgan fingerprint density at radius 2 is 1.92 bits per heavy atom. The molecule has 6 heteroatoms. The van der Waals surface area contributed by atoms with Crippen molar-refractivity contribution in [2.45, 2.75) is 18.9 Å². The zero-order valence-electron chi connectivity index (χ0n) is 12.7. The van der Waals surface area contributed by atoms with Gasteiger partial charge in [0.1, 0.15) is 6.61 Å². The fourth-order valence-corrected chi connectivity index (χ4v) is 2.68. The summed E-state index contributed by atoms with van der Waals surface area (Å²) in [6.07, 6.45) is 0.431. The van der Waals surface area contributed by atoms with Crippen molar-refractivity contribution in [2.75, 3.05) is 0 Å². The van der Waals surface area contributed by atoms with Gasteiger partial charge in [-0.2, -0.15) is 0 Å². The van der Waals surface area contributed by atoms with Gasteiger partial charge in [-0.25, -0.2) is 8.78 Å². The minimum absolute atomic E-state index is 0.00515. The van der Waals surface area contributed by atoms with Gasteiger partial charge in [-0.3, -0.25) is 9.59 Å². The summed E-state index contributed by atoms with van der Waals surface area (Å²) in [4.78, 5) is 23.2. The van der Waals surface area contributed by atoms with Crippen LogP contribution in [0, 0.1) is 17.6 Å². The first-order valence-corrected chi connectivity index (χ1v) is 7.46. The van der Waals surface area contributed by atoms with Crippen molar-refractivity contribution in [2.24, 2.45) is 11.7 Å². The van der Waals surface area contributed by atoms with E-state index in [1.807, 2.05) is 0 Å². The zero-order chi connectivity index (χ0) is 17.3. The number of halogens is 2. The fourth-order valence-electron chi connectivity index (χ4n) is 2.68. The zero-order valence-corrected chi connectivity index (χ0v) is 12.7. The second kappa shape index (κ2) is 6.39. The lowest BCUT2D eigenvalue weighted by Crippen LogP contribution is -2.12. The predicted octanol–water partition coefficient (Wildman–Crippen LogP) is 2.91. The lowest BCUT2D eigenvalue weighted by molar-refractivity contribution is -0.146. The van der Waals surface area contributed by atoms with Crippen molar-refractivity contribution in [3.63, 3.8) is 0 Å². The Bertz CT molecular complexity index is 807. The van der Waals surface area contributed by atoms with Crippen molar-refractivity contribution in [3.05, 3.63) is 70.8 Å². The first kappa shape index (κ1) is 16.1. The van der Waals surface area contributed by atoms with Crippen LogP contribution in [0.25, 0.3) is 0 Å². The van der Waals surface area contributed by atoms with Crippen molar-refractivity contribution in [1.82, 2.24) is 0 Å². The van der Waals surface area contributed by atoms with Gasteiger partial charge in [-0.1, -0.05) is 24.3 Å². The highest BCUT2D eigenvalue weighted by Gasteiger charge is 2.46. The van der Waals surface area contributed by atoms with Gasteiger partial charge >= 0.3 is 5.97 Å². The molecule has 2 N–H and O–H groups in total. The van der Waals surface area contributed by atoms with Crippen LogP contribution in [0.1, 0.15) is 33.8 Å². The number of carbonyl (C=O) groups excluding carboxylic acids is 2. The van der Waals surface area contributed by atoms with E-state index < -0.39 is 29.4 Å². The maximum atomic E-state index is 13.7. The van der Waals surface area contributed by atoms with Gasteiger partial charge in [-0.15, -0.1) is 0 Å². The Morgan fingerprint density at radius 3 is 2.67 bits per heavy atom. The normalized spacial score (nSPS) is 18.9. The standard InChI is InChI=1S/C18H15F2NO3/c19-15-6-2-5-12(16(15)20)13-8-14(13)18(23)24-9-10-3-1-4-11(7-10)17(21)22/h1-7,13-14H,8-9H2,(H2,21,22)/t13-,14-/m0/s1. The number of amides is 1. The van der Waals surface area contributed by atoms with Crippen LogP contribution in [0.5, 0.6) is 0 Å². The van der Waals surface area contributed by atoms with Gasteiger partial charge in [0.05, 0.1) is 5.92 Å². The van der Waals surface area contributed by atoms with E-state index in [4.69, 9.17) is 10.5 Å². The van der Waals surface area contributed by atoms with Crippen molar-refractivity contribution < 1.29 is 23.1 Å². The maximum absolute atomic E-state index is 13.7. The summed E-state index contributed by atoms with van der Waals surface area (Å²) >= 11 is 0. The predicted molar refractivity (Wildman–Crippen MR) is 82.0 cm³/mol. The van der Waals surface area contributed by atoms with Crippen molar-refractivity contribution >= 4 is 11.9 Å². The van der Waals surface area contributed by atoms with Gasteiger partial charge in [0.15, 0.2) is 11.6 Å². The average Bonchev–Trinajstić information content (AvgIpc) is 3.36. The Morgan fingerprint density at radius 1 is 1.17 bits per heavy atom. The molecule has 0 spiro atoms. The van der Waals surface area contributed by atoms with E-state index in [9.17, 15) is 18.4 Å². The summed E-state index contributed by atoms with van der Waals surface area (Å²) in [6, 6.07) is 10.4. The Labute approximate surface area is 137 Å². The third-order valence-corrected chi connectivity index (χ3v) is 4.07. The number of rotatable bonds is 5. The monoisotopic (exact) mass is 331 g/mol. The average molecular weight is 331 g/mol. The third kappa shape index (κ3) is 3.27. The highest BCUT2D eigenvalue weighted by Crippen LogP contribution is 2.49.